The second-order valence-corrected chi connectivity index (χ2v) is 7.64. The van der Waals surface area contributed by atoms with Crippen molar-refractivity contribution in [3.05, 3.63) is 94.5 Å². The van der Waals surface area contributed by atoms with Gasteiger partial charge in [-0.3, -0.25) is 13.8 Å². The molecule has 154 valence electrons. The minimum absolute atomic E-state index is 0.158. The fraction of sp³-hybridized carbons (Fsp3) is 0.125. The van der Waals surface area contributed by atoms with E-state index in [9.17, 15) is 9.18 Å². The number of hydrogen-bond acceptors (Lipinski definition) is 4. The second-order valence-electron chi connectivity index (χ2n) is 7.64. The molecule has 2 heterocycles. The van der Waals surface area contributed by atoms with Gasteiger partial charge in [-0.25, -0.2) is 4.39 Å². The van der Waals surface area contributed by atoms with Crippen LogP contribution >= 0.6 is 0 Å². The molecule has 31 heavy (non-hydrogen) atoms. The highest BCUT2D eigenvalue weighted by molar-refractivity contribution is 5.82. The quantitative estimate of drug-likeness (QED) is 0.448. The van der Waals surface area contributed by atoms with Gasteiger partial charge in [0.2, 0.25) is 5.78 Å². The van der Waals surface area contributed by atoms with Crippen LogP contribution in [0.4, 0.5) is 10.1 Å². The molecule has 2 aromatic heterocycles. The molecule has 0 atom stereocenters. The van der Waals surface area contributed by atoms with Crippen LogP contribution in [0.1, 0.15) is 5.56 Å². The average Bonchev–Trinajstić information content (AvgIpc) is 3.23. The summed E-state index contributed by atoms with van der Waals surface area (Å²) in [6.45, 7) is 0.269. The summed E-state index contributed by atoms with van der Waals surface area (Å²) >= 11 is 0. The molecule has 5 rings (SSSR count). The lowest BCUT2D eigenvalue weighted by atomic mass is 10.1. The summed E-state index contributed by atoms with van der Waals surface area (Å²) in [6.07, 6.45) is 0. The molecule has 0 aliphatic carbocycles. The third kappa shape index (κ3) is 3.24. The van der Waals surface area contributed by atoms with E-state index in [-0.39, 0.29) is 17.9 Å². The van der Waals surface area contributed by atoms with Crippen molar-refractivity contribution in [1.29, 1.82) is 0 Å². The lowest BCUT2D eigenvalue weighted by molar-refractivity contribution is 0.626. The standard InChI is InChI=1S/C24H20FN5O/c1-28(2)19-13-9-17(10-14-19)22-26-27-24-29(15-16-7-11-18(25)12-8-16)23(31)20-5-3-4-6-21(20)30(22)24/h3-14H,15H2,1-2H3. The summed E-state index contributed by atoms with van der Waals surface area (Å²) in [5.41, 5.74) is 3.37. The molecule has 0 saturated heterocycles. The molecule has 0 bridgehead atoms. The molecule has 6 nitrogen and oxygen atoms in total. The van der Waals surface area contributed by atoms with Crippen LogP contribution in [0.3, 0.4) is 0 Å². The van der Waals surface area contributed by atoms with E-state index in [1.165, 1.54) is 12.1 Å². The first-order valence-corrected chi connectivity index (χ1v) is 9.92. The minimum atomic E-state index is -0.314. The number of aromatic nitrogens is 4. The Kier molecular flexibility index (Phi) is 4.51. The highest BCUT2D eigenvalue weighted by Crippen LogP contribution is 2.24. The summed E-state index contributed by atoms with van der Waals surface area (Å²) < 4.78 is 16.8. The number of nitrogens with zero attached hydrogens (tertiary/aromatic N) is 5. The maximum atomic E-state index is 13.3. The van der Waals surface area contributed by atoms with Crippen LogP contribution in [0.25, 0.3) is 28.1 Å². The summed E-state index contributed by atoms with van der Waals surface area (Å²) in [4.78, 5) is 15.3. The molecule has 3 aromatic carbocycles. The van der Waals surface area contributed by atoms with Gasteiger partial charge in [-0.1, -0.05) is 24.3 Å². The smallest absolute Gasteiger partial charge is 0.263 e. The van der Waals surface area contributed by atoms with Crippen LogP contribution in [0.15, 0.2) is 77.6 Å². The molecule has 0 fully saturated rings. The Bertz CT molecular complexity index is 1450. The van der Waals surface area contributed by atoms with Crippen molar-refractivity contribution in [2.75, 3.05) is 19.0 Å². The molecule has 0 radical (unpaired) electrons. The highest BCUT2D eigenvalue weighted by atomic mass is 19.1. The Labute approximate surface area is 177 Å². The highest BCUT2D eigenvalue weighted by Gasteiger charge is 2.17. The zero-order chi connectivity index (χ0) is 21.5. The van der Waals surface area contributed by atoms with Crippen LogP contribution in [-0.4, -0.2) is 33.3 Å². The zero-order valence-corrected chi connectivity index (χ0v) is 17.2. The van der Waals surface area contributed by atoms with Gasteiger partial charge in [-0.05, 0) is 54.1 Å². The van der Waals surface area contributed by atoms with Crippen molar-refractivity contribution in [3.63, 3.8) is 0 Å². The summed E-state index contributed by atoms with van der Waals surface area (Å²) in [6, 6.07) is 21.6. The Morgan fingerprint density at radius 1 is 0.903 bits per heavy atom. The van der Waals surface area contributed by atoms with Gasteiger partial charge in [0, 0.05) is 25.3 Å². The lowest BCUT2D eigenvalue weighted by Crippen LogP contribution is -2.24. The number of hydrogen-bond donors (Lipinski definition) is 0. The Hall–Kier alpha value is -4.00. The number of fused-ring (bicyclic) bond motifs is 3. The summed E-state index contributed by atoms with van der Waals surface area (Å²) in [7, 11) is 3.98. The van der Waals surface area contributed by atoms with Crippen molar-refractivity contribution < 1.29 is 4.39 Å². The van der Waals surface area contributed by atoms with Crippen LogP contribution in [-0.2, 0) is 6.54 Å². The maximum Gasteiger partial charge on any atom is 0.263 e. The van der Waals surface area contributed by atoms with Crippen molar-refractivity contribution in [2.24, 2.45) is 0 Å². The van der Waals surface area contributed by atoms with Crippen LogP contribution < -0.4 is 10.5 Å². The predicted octanol–water partition coefficient (Wildman–Crippen LogP) is 3.96. The minimum Gasteiger partial charge on any atom is -0.378 e. The third-order valence-electron chi connectivity index (χ3n) is 5.40. The number of benzene rings is 3. The number of halogens is 1. The summed E-state index contributed by atoms with van der Waals surface area (Å²) in [5.74, 6) is 0.787. The maximum absolute atomic E-state index is 13.3. The Morgan fingerprint density at radius 3 is 2.32 bits per heavy atom. The van der Waals surface area contributed by atoms with Gasteiger partial charge in [0.25, 0.3) is 5.56 Å². The molecule has 7 heteroatoms. The second kappa shape index (κ2) is 7.36. The number of para-hydroxylation sites is 1. The van der Waals surface area contributed by atoms with Gasteiger partial charge >= 0.3 is 0 Å². The third-order valence-corrected chi connectivity index (χ3v) is 5.40. The van der Waals surface area contributed by atoms with E-state index in [4.69, 9.17) is 0 Å². The molecule has 0 saturated carbocycles. The lowest BCUT2D eigenvalue weighted by Gasteiger charge is -2.13. The number of anilines is 1. The fourth-order valence-electron chi connectivity index (χ4n) is 3.77. The van der Waals surface area contributed by atoms with Gasteiger partial charge in [-0.2, -0.15) is 0 Å². The van der Waals surface area contributed by atoms with Crippen molar-refractivity contribution in [1.82, 2.24) is 19.2 Å². The van der Waals surface area contributed by atoms with E-state index in [1.54, 1.807) is 22.8 Å². The van der Waals surface area contributed by atoms with E-state index in [0.29, 0.717) is 17.0 Å². The normalized spacial score (nSPS) is 11.3. The molecule has 0 N–H and O–H groups in total. The van der Waals surface area contributed by atoms with Gasteiger partial charge in [-0.15, -0.1) is 10.2 Å². The summed E-state index contributed by atoms with van der Waals surface area (Å²) in [5, 5.41) is 9.37. The van der Waals surface area contributed by atoms with Gasteiger partial charge in [0.15, 0.2) is 5.82 Å². The molecule has 5 aromatic rings. The average molecular weight is 413 g/mol. The van der Waals surface area contributed by atoms with Gasteiger partial charge < -0.3 is 4.90 Å². The predicted molar refractivity (Wildman–Crippen MR) is 120 cm³/mol. The Balaban J connectivity index is 1.75. The van der Waals surface area contributed by atoms with Gasteiger partial charge in [0.05, 0.1) is 17.4 Å². The van der Waals surface area contributed by atoms with E-state index in [1.807, 2.05) is 65.9 Å². The topological polar surface area (TPSA) is 55.4 Å². The SMILES string of the molecule is CN(C)c1ccc(-c2nnc3n(Cc4ccc(F)cc4)c(=O)c4ccccc4n23)cc1. The van der Waals surface area contributed by atoms with Crippen molar-refractivity contribution >= 4 is 22.4 Å². The van der Waals surface area contributed by atoms with Crippen molar-refractivity contribution in [3.8, 4) is 11.4 Å². The van der Waals surface area contributed by atoms with Gasteiger partial charge in [0.1, 0.15) is 5.82 Å². The van der Waals surface area contributed by atoms with Crippen LogP contribution in [0, 0.1) is 5.82 Å². The molecule has 0 unspecified atom stereocenters. The molecule has 0 aliphatic heterocycles. The molecular formula is C24H20FN5O. The van der Waals surface area contributed by atoms with Crippen LogP contribution in [0.2, 0.25) is 0 Å². The van der Waals surface area contributed by atoms with E-state index >= 15 is 0 Å². The molecule has 0 amide bonds. The first-order chi connectivity index (χ1) is 15.0. The van der Waals surface area contributed by atoms with E-state index < -0.39 is 0 Å². The molecule has 0 spiro atoms. The first-order valence-electron chi connectivity index (χ1n) is 9.92. The Morgan fingerprint density at radius 2 is 1.61 bits per heavy atom. The van der Waals surface area contributed by atoms with E-state index in [0.717, 1.165) is 22.3 Å². The van der Waals surface area contributed by atoms with E-state index in [2.05, 4.69) is 10.2 Å². The molecule has 0 aliphatic rings. The molecular weight excluding hydrogens is 393 g/mol. The first kappa shape index (κ1) is 19.0. The fourth-order valence-corrected chi connectivity index (χ4v) is 3.77. The van der Waals surface area contributed by atoms with Crippen molar-refractivity contribution in [2.45, 2.75) is 6.54 Å². The number of rotatable bonds is 4. The zero-order valence-electron chi connectivity index (χ0n) is 17.2. The largest absolute Gasteiger partial charge is 0.378 e. The monoisotopic (exact) mass is 413 g/mol. The van der Waals surface area contributed by atoms with Crippen LogP contribution in [0.5, 0.6) is 0 Å².